The molecule has 1 heterocycles. The zero-order valence-corrected chi connectivity index (χ0v) is 9.70. The van der Waals surface area contributed by atoms with Crippen LogP contribution in [0.4, 0.5) is 10.1 Å². The van der Waals surface area contributed by atoms with Crippen LogP contribution in [-0.2, 0) is 0 Å². The molecule has 0 fully saturated rings. The molecule has 0 amide bonds. The lowest BCUT2D eigenvalue weighted by Gasteiger charge is -2.11. The van der Waals surface area contributed by atoms with Gasteiger partial charge in [-0.05, 0) is 32.0 Å². The van der Waals surface area contributed by atoms with Crippen LogP contribution in [0.3, 0.4) is 0 Å². The lowest BCUT2D eigenvalue weighted by molar-refractivity contribution is 0.231. The van der Waals surface area contributed by atoms with Gasteiger partial charge in [0.05, 0.1) is 23.7 Å². The van der Waals surface area contributed by atoms with Gasteiger partial charge in [-0.25, -0.2) is 4.39 Å². The second-order valence-corrected chi connectivity index (χ2v) is 4.01. The summed E-state index contributed by atoms with van der Waals surface area (Å²) in [5.74, 6) is -0.174. The normalized spacial score (nSPS) is 10.8. The highest BCUT2D eigenvalue weighted by atomic mass is 19.1. The van der Waals surface area contributed by atoms with E-state index in [4.69, 9.17) is 10.5 Å². The summed E-state index contributed by atoms with van der Waals surface area (Å²) in [7, 11) is 0. The number of hydrogen-bond acceptors (Lipinski definition) is 3. The van der Waals surface area contributed by atoms with Crippen molar-refractivity contribution in [2.24, 2.45) is 0 Å². The van der Waals surface area contributed by atoms with Crippen molar-refractivity contribution in [1.29, 1.82) is 0 Å². The number of rotatable bonds is 3. The summed E-state index contributed by atoms with van der Waals surface area (Å²) in [6.07, 6.45) is 1.43. The highest BCUT2D eigenvalue weighted by Gasteiger charge is 2.10. The highest BCUT2D eigenvalue weighted by Crippen LogP contribution is 2.27. The van der Waals surface area contributed by atoms with E-state index in [1.54, 1.807) is 12.1 Å². The Balaban J connectivity index is 2.34. The maximum absolute atomic E-state index is 13.7. The highest BCUT2D eigenvalue weighted by molar-refractivity contribution is 5.72. The van der Waals surface area contributed by atoms with Gasteiger partial charge >= 0.3 is 0 Å². The number of nitrogens with zero attached hydrogens (tertiary/aromatic N) is 1. The van der Waals surface area contributed by atoms with Crippen LogP contribution >= 0.6 is 0 Å². The molecule has 0 saturated heterocycles. The minimum atomic E-state index is -0.412. The summed E-state index contributed by atoms with van der Waals surface area (Å²) in [5.41, 5.74) is 7.44. The Bertz CT molecular complexity index is 522. The molecule has 0 aliphatic rings. The number of aromatic amines is 1. The number of nitrogens with two attached hydrogens (primary N) is 1. The first-order valence-electron chi connectivity index (χ1n) is 5.33. The largest absolute Gasteiger partial charge is 0.488 e. The van der Waals surface area contributed by atoms with E-state index in [9.17, 15) is 4.39 Å². The average molecular weight is 235 g/mol. The van der Waals surface area contributed by atoms with E-state index in [0.717, 1.165) is 0 Å². The Morgan fingerprint density at radius 3 is 2.71 bits per heavy atom. The third-order valence-corrected chi connectivity index (χ3v) is 2.25. The molecule has 17 heavy (non-hydrogen) atoms. The number of aromatic nitrogens is 2. The molecule has 2 rings (SSSR count). The summed E-state index contributed by atoms with van der Waals surface area (Å²) in [5, 5.41) is 6.52. The first-order valence-corrected chi connectivity index (χ1v) is 5.33. The number of halogens is 1. The molecule has 0 aliphatic carbocycles. The van der Waals surface area contributed by atoms with Crippen LogP contribution in [0, 0.1) is 5.82 Å². The van der Waals surface area contributed by atoms with Crippen molar-refractivity contribution < 1.29 is 9.13 Å². The third-order valence-electron chi connectivity index (χ3n) is 2.25. The van der Waals surface area contributed by atoms with Gasteiger partial charge in [0.15, 0.2) is 11.6 Å². The number of ether oxygens (including phenoxy) is 1. The number of nitrogens with one attached hydrogen (secondary N) is 1. The minimum absolute atomic E-state index is 0.0624. The monoisotopic (exact) mass is 235 g/mol. The van der Waals surface area contributed by atoms with Crippen LogP contribution in [0.15, 0.2) is 24.4 Å². The van der Waals surface area contributed by atoms with E-state index >= 15 is 0 Å². The SMILES string of the molecule is CC(C)Oc1ccc(-c2[nH]ncc2N)cc1F. The Labute approximate surface area is 98.6 Å². The molecule has 1 aromatic heterocycles. The second-order valence-electron chi connectivity index (χ2n) is 4.01. The fraction of sp³-hybridized carbons (Fsp3) is 0.250. The van der Waals surface area contributed by atoms with E-state index < -0.39 is 5.82 Å². The molecule has 90 valence electrons. The number of nitrogen functional groups attached to an aromatic ring is 1. The maximum Gasteiger partial charge on any atom is 0.165 e. The molecule has 0 radical (unpaired) electrons. The van der Waals surface area contributed by atoms with E-state index in [2.05, 4.69) is 10.2 Å². The Hall–Kier alpha value is -2.04. The van der Waals surface area contributed by atoms with Crippen molar-refractivity contribution in [1.82, 2.24) is 10.2 Å². The topological polar surface area (TPSA) is 63.9 Å². The molecule has 0 spiro atoms. The number of H-pyrrole nitrogens is 1. The van der Waals surface area contributed by atoms with Crippen molar-refractivity contribution in [3.63, 3.8) is 0 Å². The summed E-state index contributed by atoms with van der Waals surface area (Å²) in [6, 6.07) is 4.71. The molecule has 0 aliphatic heterocycles. The quantitative estimate of drug-likeness (QED) is 0.859. The van der Waals surface area contributed by atoms with Gasteiger partial charge in [-0.3, -0.25) is 5.10 Å². The van der Waals surface area contributed by atoms with E-state index in [1.807, 2.05) is 13.8 Å². The van der Waals surface area contributed by atoms with Gasteiger partial charge in [0.25, 0.3) is 0 Å². The minimum Gasteiger partial charge on any atom is -0.488 e. The fourth-order valence-corrected chi connectivity index (χ4v) is 1.53. The van der Waals surface area contributed by atoms with Gasteiger partial charge in [0, 0.05) is 5.56 Å². The smallest absolute Gasteiger partial charge is 0.165 e. The molecular formula is C12H14FN3O. The average Bonchev–Trinajstić information content (AvgIpc) is 2.67. The molecular weight excluding hydrogens is 221 g/mol. The molecule has 1 aromatic carbocycles. The van der Waals surface area contributed by atoms with E-state index in [0.29, 0.717) is 16.9 Å². The van der Waals surface area contributed by atoms with E-state index in [1.165, 1.54) is 12.3 Å². The van der Waals surface area contributed by atoms with Crippen molar-refractivity contribution in [2.45, 2.75) is 20.0 Å². The molecule has 0 atom stereocenters. The fourth-order valence-electron chi connectivity index (χ4n) is 1.53. The van der Waals surface area contributed by atoms with Gasteiger partial charge in [-0.1, -0.05) is 0 Å². The molecule has 4 nitrogen and oxygen atoms in total. The van der Waals surface area contributed by atoms with Gasteiger partial charge in [0.2, 0.25) is 0 Å². The Morgan fingerprint density at radius 1 is 1.41 bits per heavy atom. The summed E-state index contributed by atoms with van der Waals surface area (Å²) in [4.78, 5) is 0. The molecule has 3 N–H and O–H groups in total. The Kier molecular flexibility index (Phi) is 2.99. The molecule has 0 bridgehead atoms. The molecule has 2 aromatic rings. The van der Waals surface area contributed by atoms with Crippen LogP contribution in [-0.4, -0.2) is 16.3 Å². The first kappa shape index (κ1) is 11.4. The zero-order valence-electron chi connectivity index (χ0n) is 9.70. The van der Waals surface area contributed by atoms with E-state index in [-0.39, 0.29) is 11.9 Å². The van der Waals surface area contributed by atoms with Crippen LogP contribution in [0.25, 0.3) is 11.3 Å². The molecule has 5 heteroatoms. The van der Waals surface area contributed by atoms with Crippen molar-refractivity contribution >= 4 is 5.69 Å². The van der Waals surface area contributed by atoms with Crippen molar-refractivity contribution in [2.75, 3.05) is 5.73 Å². The van der Waals surface area contributed by atoms with Crippen LogP contribution in [0.2, 0.25) is 0 Å². The number of benzene rings is 1. The first-order chi connectivity index (χ1) is 8.08. The summed E-state index contributed by atoms with van der Waals surface area (Å²) < 4.78 is 19.0. The summed E-state index contributed by atoms with van der Waals surface area (Å²) >= 11 is 0. The predicted octanol–water partition coefficient (Wildman–Crippen LogP) is 2.59. The van der Waals surface area contributed by atoms with Gasteiger partial charge in [0.1, 0.15) is 0 Å². The van der Waals surface area contributed by atoms with Crippen LogP contribution < -0.4 is 10.5 Å². The number of anilines is 1. The lowest BCUT2D eigenvalue weighted by Crippen LogP contribution is -2.06. The number of hydrogen-bond donors (Lipinski definition) is 2. The summed E-state index contributed by atoms with van der Waals surface area (Å²) in [6.45, 7) is 3.69. The van der Waals surface area contributed by atoms with Gasteiger partial charge in [-0.2, -0.15) is 5.10 Å². The van der Waals surface area contributed by atoms with Crippen LogP contribution in [0.5, 0.6) is 5.75 Å². The Morgan fingerprint density at radius 2 is 2.18 bits per heavy atom. The van der Waals surface area contributed by atoms with Gasteiger partial charge < -0.3 is 10.5 Å². The maximum atomic E-state index is 13.7. The standard InChI is InChI=1S/C12H14FN3O/c1-7(2)17-11-4-3-8(5-9(11)13)12-10(14)6-15-16-12/h3-7H,14H2,1-2H3,(H,15,16). The van der Waals surface area contributed by atoms with Crippen molar-refractivity contribution in [3.8, 4) is 17.0 Å². The lowest BCUT2D eigenvalue weighted by atomic mass is 10.1. The van der Waals surface area contributed by atoms with Gasteiger partial charge in [-0.15, -0.1) is 0 Å². The second kappa shape index (κ2) is 4.45. The zero-order chi connectivity index (χ0) is 12.4. The van der Waals surface area contributed by atoms with Crippen LogP contribution in [0.1, 0.15) is 13.8 Å². The molecule has 0 saturated carbocycles. The predicted molar refractivity (Wildman–Crippen MR) is 64.2 cm³/mol. The third kappa shape index (κ3) is 2.38. The van der Waals surface area contributed by atoms with Crippen molar-refractivity contribution in [3.05, 3.63) is 30.2 Å². The molecule has 0 unspecified atom stereocenters.